The summed E-state index contributed by atoms with van der Waals surface area (Å²) in [4.78, 5) is -3.52. The maximum atomic E-state index is 12.6. The molecule has 0 atom stereocenters. The van der Waals surface area contributed by atoms with Gasteiger partial charge in [0, 0.05) is 28.2 Å². The molecule has 0 aliphatic heterocycles. The van der Waals surface area contributed by atoms with E-state index in [0.29, 0.717) is 79.9 Å². The summed E-state index contributed by atoms with van der Waals surface area (Å²) < 4.78 is 143. The van der Waals surface area contributed by atoms with E-state index in [-0.39, 0.29) is 23.2 Å². The number of anilines is 2. The van der Waals surface area contributed by atoms with Crippen molar-refractivity contribution in [2.45, 2.75) is 47.3 Å². The SMILES string of the molecule is Cc1cc(N=Nc2cc(C)c(N=Nc3c(S(=O)(=O)O)cc4cc(NCOc5cccc(N)c5)ccc4c3O)cc2C)ccc1N=Nc1ccc(N=Nc2cc3c(S(=O)(=O)O)cc(S(=O)(=O)O)cc3cc2S(=O)(=O)O)c(C)c1. The molecule has 0 bridgehead atoms. The van der Waals surface area contributed by atoms with Gasteiger partial charge in [-0.2, -0.15) is 64.4 Å². The predicted octanol–water partition coefficient (Wildman–Crippen LogP) is 12.6. The molecule has 0 heterocycles. The number of aryl methyl sites for hydroxylation is 4. The number of ether oxygens (including phenoxy) is 1. The van der Waals surface area contributed by atoms with E-state index in [9.17, 15) is 57.0 Å². The Morgan fingerprint density at radius 2 is 0.987 bits per heavy atom. The standard InChI is InChI=1S/C49H42N10O14S4/c1-26-14-35(9-12-40(26)54-52-34-10-13-41(27(2)15-34)55-58-44-24-39-31(20-46(44)76(67,68)69)19-37(74(61,62)63)23-45(39)75(64,65)66)53-56-42-16-29(4)43(17-28(42)3)57-59-48-47(77(70,71)72)21-30-18-33(8-11-38(30)49(48)60)51-25-73-36-7-5-6-32(50)22-36/h5-24,51,60H,25,50H2,1-4H3,(H,61,62,63)(H,64,65,66)(H,67,68,69)(H,70,71,72). The number of nitrogens with one attached hydrogen (secondary N) is 1. The molecule has 0 aliphatic carbocycles. The van der Waals surface area contributed by atoms with Crippen LogP contribution < -0.4 is 15.8 Å². The van der Waals surface area contributed by atoms with Crippen LogP contribution in [-0.2, 0) is 40.5 Å². The van der Waals surface area contributed by atoms with Crippen molar-refractivity contribution in [3.8, 4) is 11.5 Å². The van der Waals surface area contributed by atoms with Gasteiger partial charge in [-0.15, -0.1) is 10.2 Å². The Kier molecular flexibility index (Phi) is 15.1. The molecule has 0 saturated carbocycles. The summed E-state index contributed by atoms with van der Waals surface area (Å²) in [6.45, 7) is 6.94. The molecule has 0 aromatic heterocycles. The number of phenols is 1. The van der Waals surface area contributed by atoms with Crippen molar-refractivity contribution >= 4 is 119 Å². The smallest absolute Gasteiger partial charge is 0.296 e. The normalized spacial score (nSPS) is 12.8. The first-order chi connectivity index (χ1) is 36.1. The maximum Gasteiger partial charge on any atom is 0.296 e. The van der Waals surface area contributed by atoms with E-state index in [0.717, 1.165) is 12.1 Å². The zero-order chi connectivity index (χ0) is 55.8. The lowest BCUT2D eigenvalue weighted by atomic mass is 10.1. The third-order valence-corrected chi connectivity index (χ3v) is 14.9. The molecule has 8 aromatic rings. The highest BCUT2D eigenvalue weighted by molar-refractivity contribution is 7.87. The second-order valence-corrected chi connectivity index (χ2v) is 22.7. The molecule has 24 nitrogen and oxygen atoms in total. The highest BCUT2D eigenvalue weighted by Gasteiger charge is 2.26. The minimum Gasteiger partial charge on any atom is -0.505 e. The topological polar surface area (TPSA) is 384 Å². The molecule has 0 spiro atoms. The van der Waals surface area contributed by atoms with Crippen LogP contribution in [0.3, 0.4) is 0 Å². The highest BCUT2D eigenvalue weighted by atomic mass is 32.2. The molecule has 0 saturated heterocycles. The lowest BCUT2D eigenvalue weighted by Gasteiger charge is -2.12. The van der Waals surface area contributed by atoms with Crippen LogP contribution in [0, 0.1) is 27.7 Å². The number of nitrogens with zero attached hydrogens (tertiary/aromatic N) is 8. The van der Waals surface area contributed by atoms with Crippen molar-refractivity contribution < 1.29 is 61.7 Å². The fourth-order valence-electron chi connectivity index (χ4n) is 7.59. The minimum atomic E-state index is -5.15. The molecular formula is C49H42N10O14S4. The first kappa shape index (κ1) is 54.8. The zero-order valence-electron chi connectivity index (χ0n) is 40.5. The second kappa shape index (κ2) is 21.3. The van der Waals surface area contributed by atoms with Crippen molar-refractivity contribution in [2.75, 3.05) is 17.8 Å². The van der Waals surface area contributed by atoms with Gasteiger partial charge in [-0.25, -0.2) is 0 Å². The summed E-state index contributed by atoms with van der Waals surface area (Å²) >= 11 is 0. The number of hydrogen-bond donors (Lipinski definition) is 7. The van der Waals surface area contributed by atoms with Crippen LogP contribution in [0.4, 0.5) is 56.9 Å². The van der Waals surface area contributed by atoms with E-state index in [4.69, 9.17) is 10.5 Å². The Bertz CT molecular complexity index is 4350. The lowest BCUT2D eigenvalue weighted by molar-refractivity contribution is 0.347. The van der Waals surface area contributed by atoms with E-state index in [1.165, 1.54) is 18.2 Å². The van der Waals surface area contributed by atoms with E-state index < -0.39 is 88.0 Å². The average molecular weight is 1120 g/mol. The van der Waals surface area contributed by atoms with Gasteiger partial charge in [0.25, 0.3) is 40.5 Å². The largest absolute Gasteiger partial charge is 0.505 e. The number of phenolic OH excluding ortho intramolecular Hbond substituents is 1. The first-order valence-electron chi connectivity index (χ1n) is 22.2. The monoisotopic (exact) mass is 1120 g/mol. The fourth-order valence-corrected chi connectivity index (χ4v) is 10.2. The molecular weight excluding hydrogens is 1080 g/mol. The van der Waals surface area contributed by atoms with Crippen molar-refractivity contribution in [2.24, 2.45) is 40.9 Å². The quantitative estimate of drug-likeness (QED) is 0.0204. The summed E-state index contributed by atoms with van der Waals surface area (Å²) in [6.07, 6.45) is 0. The molecule has 8 aromatic carbocycles. The summed E-state index contributed by atoms with van der Waals surface area (Å²) in [6, 6.07) is 28.6. The Labute approximate surface area is 439 Å². The van der Waals surface area contributed by atoms with E-state index in [2.05, 4.69) is 46.2 Å². The zero-order valence-corrected chi connectivity index (χ0v) is 43.7. The van der Waals surface area contributed by atoms with Crippen LogP contribution in [0.5, 0.6) is 11.5 Å². The second-order valence-electron chi connectivity index (χ2n) is 17.1. The molecule has 0 fully saturated rings. The molecule has 77 heavy (non-hydrogen) atoms. The number of nitrogen functional groups attached to an aromatic ring is 1. The Morgan fingerprint density at radius 3 is 1.55 bits per heavy atom. The lowest BCUT2D eigenvalue weighted by Crippen LogP contribution is -2.08. The third kappa shape index (κ3) is 12.8. The Hall–Kier alpha value is -8.48. The number of nitrogens with two attached hydrogens (primary N) is 1. The van der Waals surface area contributed by atoms with Gasteiger partial charge in [0.2, 0.25) is 0 Å². The number of rotatable bonds is 16. The van der Waals surface area contributed by atoms with Crippen LogP contribution in [0.25, 0.3) is 21.5 Å². The van der Waals surface area contributed by atoms with E-state index in [1.807, 2.05) is 0 Å². The van der Waals surface area contributed by atoms with Crippen LogP contribution in [-0.4, -0.2) is 63.7 Å². The van der Waals surface area contributed by atoms with Gasteiger partial charge in [0.05, 0.1) is 39.0 Å². The summed E-state index contributed by atoms with van der Waals surface area (Å²) in [5, 5.41) is 47.8. The van der Waals surface area contributed by atoms with Gasteiger partial charge in [-0.05, 0) is 170 Å². The molecule has 8 N–H and O–H groups in total. The van der Waals surface area contributed by atoms with Crippen LogP contribution in [0.1, 0.15) is 22.3 Å². The molecule has 8 rings (SSSR count). The summed E-state index contributed by atoms with van der Waals surface area (Å²) in [5.41, 5.74) is 10.5. The molecule has 0 unspecified atom stereocenters. The molecule has 28 heteroatoms. The van der Waals surface area contributed by atoms with Crippen LogP contribution in [0.15, 0.2) is 182 Å². The van der Waals surface area contributed by atoms with Gasteiger partial charge < -0.3 is 20.9 Å². The highest BCUT2D eigenvalue weighted by Crippen LogP contribution is 2.43. The van der Waals surface area contributed by atoms with Gasteiger partial charge in [-0.3, -0.25) is 18.2 Å². The number of fused-ring (bicyclic) bond motifs is 2. The Balaban J connectivity index is 0.958. The Morgan fingerprint density at radius 1 is 0.468 bits per heavy atom. The number of azo groups is 4. The van der Waals surface area contributed by atoms with Crippen LogP contribution >= 0.6 is 0 Å². The number of aromatic hydroxyl groups is 1. The van der Waals surface area contributed by atoms with E-state index in [1.54, 1.807) is 107 Å². The molecule has 0 amide bonds. The third-order valence-electron chi connectivity index (χ3n) is 11.5. The van der Waals surface area contributed by atoms with Gasteiger partial charge in [-0.1, -0.05) is 6.07 Å². The van der Waals surface area contributed by atoms with Gasteiger partial charge >= 0.3 is 0 Å². The molecule has 0 radical (unpaired) electrons. The first-order valence-corrected chi connectivity index (χ1v) is 27.9. The van der Waals surface area contributed by atoms with Crippen molar-refractivity contribution in [1.82, 2.24) is 0 Å². The molecule has 396 valence electrons. The predicted molar refractivity (Wildman–Crippen MR) is 284 cm³/mol. The van der Waals surface area contributed by atoms with Crippen molar-refractivity contribution in [3.63, 3.8) is 0 Å². The van der Waals surface area contributed by atoms with Gasteiger partial charge in [0.15, 0.2) is 12.5 Å². The van der Waals surface area contributed by atoms with Gasteiger partial charge in [0.1, 0.15) is 31.8 Å². The molecule has 0 aliphatic rings. The number of hydrogen-bond acceptors (Lipinski definition) is 20. The average Bonchev–Trinajstić information content (AvgIpc) is 3.37. The summed E-state index contributed by atoms with van der Waals surface area (Å²) in [5.74, 6) is 0.0110. The van der Waals surface area contributed by atoms with Crippen LogP contribution in [0.2, 0.25) is 0 Å². The van der Waals surface area contributed by atoms with Crippen molar-refractivity contribution in [1.29, 1.82) is 0 Å². The van der Waals surface area contributed by atoms with E-state index >= 15 is 0 Å². The van der Waals surface area contributed by atoms with Crippen molar-refractivity contribution in [3.05, 3.63) is 144 Å². The number of benzene rings is 8. The minimum absolute atomic E-state index is 0.0448. The fraction of sp³-hybridized carbons (Fsp3) is 0.102. The maximum absolute atomic E-state index is 12.6. The summed E-state index contributed by atoms with van der Waals surface area (Å²) in [7, 11) is -20.2.